The smallest absolute Gasteiger partial charge is 0.241 e. The topological polar surface area (TPSA) is 67.8 Å². The van der Waals surface area contributed by atoms with Crippen molar-refractivity contribution in [3.8, 4) is 5.75 Å². The number of hydrogen-bond donors (Lipinski definition) is 1. The number of carbonyl (C=O) groups excluding carboxylic acids is 2. The number of Topliss-reactive ketones (excluding diaryl/α,β-unsaturated/α-hetero) is 1. The van der Waals surface area contributed by atoms with E-state index in [1.54, 1.807) is 11.8 Å². The van der Waals surface area contributed by atoms with Crippen molar-refractivity contribution in [1.82, 2.24) is 5.43 Å². The number of ketones is 1. The number of thioether (sulfide) groups is 1. The second-order valence-electron chi connectivity index (χ2n) is 7.70. The van der Waals surface area contributed by atoms with Crippen LogP contribution in [0.4, 0.5) is 0 Å². The predicted molar refractivity (Wildman–Crippen MR) is 118 cm³/mol. The van der Waals surface area contributed by atoms with Gasteiger partial charge in [0.2, 0.25) is 5.91 Å². The van der Waals surface area contributed by atoms with Crippen LogP contribution in [0.25, 0.3) is 0 Å². The molecule has 0 saturated heterocycles. The van der Waals surface area contributed by atoms with E-state index < -0.39 is 0 Å². The zero-order valence-electron chi connectivity index (χ0n) is 18.0. The molecule has 0 aliphatic rings. The van der Waals surface area contributed by atoms with Gasteiger partial charge in [-0.05, 0) is 48.9 Å². The molecule has 0 aromatic heterocycles. The fourth-order valence-corrected chi connectivity index (χ4v) is 3.61. The number of rotatable bonds is 12. The van der Waals surface area contributed by atoms with Crippen molar-refractivity contribution in [1.29, 1.82) is 0 Å². The van der Waals surface area contributed by atoms with E-state index in [2.05, 4.69) is 31.3 Å². The molecule has 5 nitrogen and oxygen atoms in total. The molecule has 1 aromatic rings. The Labute approximate surface area is 173 Å². The van der Waals surface area contributed by atoms with Crippen LogP contribution < -0.4 is 10.2 Å². The number of amides is 1. The summed E-state index contributed by atoms with van der Waals surface area (Å²) in [4.78, 5) is 23.7. The minimum absolute atomic E-state index is 0.0820. The van der Waals surface area contributed by atoms with Crippen molar-refractivity contribution in [3.05, 3.63) is 29.8 Å². The van der Waals surface area contributed by atoms with Gasteiger partial charge in [-0.3, -0.25) is 9.59 Å². The van der Waals surface area contributed by atoms with Crippen molar-refractivity contribution in [2.45, 2.75) is 65.6 Å². The first-order chi connectivity index (χ1) is 13.1. The number of nitrogens with zero attached hydrogens (tertiary/aromatic N) is 1. The third-order valence-corrected chi connectivity index (χ3v) is 5.44. The van der Waals surface area contributed by atoms with Crippen LogP contribution in [0.15, 0.2) is 29.4 Å². The van der Waals surface area contributed by atoms with Crippen LogP contribution >= 0.6 is 11.8 Å². The maximum Gasteiger partial charge on any atom is 0.241 e. The van der Waals surface area contributed by atoms with Gasteiger partial charge in [-0.15, -0.1) is 0 Å². The first kappa shape index (κ1) is 24.2. The minimum Gasteiger partial charge on any atom is -0.494 e. The SMILES string of the molecule is CCSC(C)(C)CC(=O)N/N=C(\C)c1ccc(OCCCC(=O)C(C)C)cc1. The zero-order valence-corrected chi connectivity index (χ0v) is 18.8. The Morgan fingerprint density at radius 3 is 2.43 bits per heavy atom. The maximum absolute atomic E-state index is 12.1. The Hall–Kier alpha value is -1.82. The van der Waals surface area contributed by atoms with E-state index in [0.717, 1.165) is 29.2 Å². The highest BCUT2D eigenvalue weighted by atomic mass is 32.2. The number of benzene rings is 1. The van der Waals surface area contributed by atoms with E-state index in [1.165, 1.54) is 0 Å². The molecule has 0 radical (unpaired) electrons. The van der Waals surface area contributed by atoms with Crippen molar-refractivity contribution in [2.24, 2.45) is 11.0 Å². The van der Waals surface area contributed by atoms with E-state index in [0.29, 0.717) is 19.4 Å². The molecule has 0 heterocycles. The van der Waals surface area contributed by atoms with Gasteiger partial charge in [0.1, 0.15) is 11.5 Å². The highest BCUT2D eigenvalue weighted by Crippen LogP contribution is 2.27. The highest BCUT2D eigenvalue weighted by molar-refractivity contribution is 8.00. The summed E-state index contributed by atoms with van der Waals surface area (Å²) < 4.78 is 5.59. The Kier molecular flexibility index (Phi) is 10.3. The average Bonchev–Trinajstić information content (AvgIpc) is 2.63. The van der Waals surface area contributed by atoms with Gasteiger partial charge in [0.05, 0.1) is 12.3 Å². The number of hydrogen-bond acceptors (Lipinski definition) is 5. The van der Waals surface area contributed by atoms with Crippen LogP contribution in [-0.4, -0.2) is 34.5 Å². The lowest BCUT2D eigenvalue weighted by Crippen LogP contribution is -2.28. The lowest BCUT2D eigenvalue weighted by molar-refractivity contribution is -0.122. The molecule has 0 unspecified atom stereocenters. The summed E-state index contributed by atoms with van der Waals surface area (Å²) in [7, 11) is 0. The molecule has 1 aromatic carbocycles. The molecule has 0 spiro atoms. The van der Waals surface area contributed by atoms with Gasteiger partial charge in [0.15, 0.2) is 0 Å². The van der Waals surface area contributed by atoms with Crippen LogP contribution in [0.5, 0.6) is 5.75 Å². The normalized spacial score (nSPS) is 12.2. The minimum atomic E-state index is -0.0962. The molecule has 0 bridgehead atoms. The van der Waals surface area contributed by atoms with Crippen molar-refractivity contribution in [3.63, 3.8) is 0 Å². The van der Waals surface area contributed by atoms with Crippen LogP contribution in [-0.2, 0) is 9.59 Å². The Balaban J connectivity index is 2.48. The van der Waals surface area contributed by atoms with Gasteiger partial charge in [-0.1, -0.05) is 34.6 Å². The third-order valence-electron chi connectivity index (χ3n) is 4.22. The maximum atomic E-state index is 12.1. The Morgan fingerprint density at radius 1 is 1.21 bits per heavy atom. The zero-order chi connectivity index (χ0) is 21.2. The molecule has 156 valence electrons. The van der Waals surface area contributed by atoms with Crippen LogP contribution in [0.3, 0.4) is 0 Å². The summed E-state index contributed by atoms with van der Waals surface area (Å²) in [5.41, 5.74) is 4.30. The molecule has 0 aliphatic heterocycles. The van der Waals surface area contributed by atoms with Gasteiger partial charge in [-0.2, -0.15) is 16.9 Å². The first-order valence-corrected chi connectivity index (χ1v) is 10.9. The van der Waals surface area contributed by atoms with Crippen molar-refractivity contribution >= 4 is 29.2 Å². The molecule has 1 rings (SSSR count). The van der Waals surface area contributed by atoms with Gasteiger partial charge >= 0.3 is 0 Å². The third kappa shape index (κ3) is 9.40. The van der Waals surface area contributed by atoms with Gasteiger partial charge in [-0.25, -0.2) is 5.43 Å². The van der Waals surface area contributed by atoms with E-state index in [9.17, 15) is 9.59 Å². The average molecular weight is 407 g/mol. The summed E-state index contributed by atoms with van der Waals surface area (Å²) >= 11 is 1.76. The number of hydrazone groups is 1. The largest absolute Gasteiger partial charge is 0.494 e. The molecular formula is C22H34N2O3S. The van der Waals surface area contributed by atoms with E-state index in [4.69, 9.17) is 4.74 Å². The predicted octanol–water partition coefficient (Wildman–Crippen LogP) is 4.83. The molecule has 1 N–H and O–H groups in total. The molecular weight excluding hydrogens is 372 g/mol. The van der Waals surface area contributed by atoms with E-state index in [1.807, 2.05) is 45.0 Å². The van der Waals surface area contributed by atoms with Crippen molar-refractivity contribution < 1.29 is 14.3 Å². The van der Waals surface area contributed by atoms with Gasteiger partial charge < -0.3 is 4.74 Å². The Morgan fingerprint density at radius 2 is 1.86 bits per heavy atom. The van der Waals surface area contributed by atoms with Crippen LogP contribution in [0.2, 0.25) is 0 Å². The van der Waals surface area contributed by atoms with Crippen molar-refractivity contribution in [2.75, 3.05) is 12.4 Å². The lowest BCUT2D eigenvalue weighted by atomic mass is 10.1. The number of carbonyl (C=O) groups is 2. The number of nitrogens with one attached hydrogen (secondary N) is 1. The summed E-state index contributed by atoms with van der Waals surface area (Å²) in [6.45, 7) is 12.4. The molecule has 28 heavy (non-hydrogen) atoms. The second kappa shape index (κ2) is 11.9. The number of ether oxygens (including phenoxy) is 1. The molecule has 0 saturated carbocycles. The molecule has 1 amide bonds. The summed E-state index contributed by atoms with van der Waals surface area (Å²) in [5.74, 6) is 2.01. The second-order valence-corrected chi connectivity index (χ2v) is 9.67. The lowest BCUT2D eigenvalue weighted by Gasteiger charge is -2.21. The molecule has 6 heteroatoms. The quantitative estimate of drug-likeness (QED) is 0.307. The van der Waals surface area contributed by atoms with E-state index >= 15 is 0 Å². The highest BCUT2D eigenvalue weighted by Gasteiger charge is 2.21. The Bertz CT molecular complexity index is 667. The molecule has 0 fully saturated rings. The van der Waals surface area contributed by atoms with Gasteiger partial charge in [0, 0.05) is 23.5 Å². The molecule has 0 atom stereocenters. The van der Waals surface area contributed by atoms with Gasteiger partial charge in [0.25, 0.3) is 0 Å². The fourth-order valence-electron chi connectivity index (χ4n) is 2.60. The van der Waals surface area contributed by atoms with E-state index in [-0.39, 0.29) is 22.4 Å². The van der Waals surface area contributed by atoms with Crippen LogP contribution in [0.1, 0.15) is 66.4 Å². The summed E-state index contributed by atoms with van der Waals surface area (Å²) in [6.07, 6.45) is 1.70. The summed E-state index contributed by atoms with van der Waals surface area (Å²) in [6, 6.07) is 7.58. The monoisotopic (exact) mass is 406 g/mol. The fraction of sp³-hybridized carbons (Fsp3) is 0.591. The first-order valence-electron chi connectivity index (χ1n) is 9.87. The van der Waals surface area contributed by atoms with Crippen LogP contribution in [0, 0.1) is 5.92 Å². The summed E-state index contributed by atoms with van der Waals surface area (Å²) in [5, 5.41) is 4.21. The standard InChI is InChI=1S/C22H34N2O3S/c1-7-28-22(5,6)15-21(26)24-23-17(4)18-10-12-19(13-11-18)27-14-8-9-20(25)16(2)3/h10-13,16H,7-9,14-15H2,1-6H3,(H,24,26)/b23-17+. The molecule has 0 aliphatic carbocycles.